The summed E-state index contributed by atoms with van der Waals surface area (Å²) in [6.07, 6.45) is 3.76. The van der Waals surface area contributed by atoms with Crippen LogP contribution in [0.5, 0.6) is 5.75 Å². The van der Waals surface area contributed by atoms with Crippen LogP contribution in [0.4, 0.5) is 8.78 Å². The Morgan fingerprint density at radius 3 is 2.70 bits per heavy atom. The van der Waals surface area contributed by atoms with Crippen molar-refractivity contribution in [1.82, 2.24) is 5.32 Å². The average Bonchev–Trinajstić information content (AvgIpc) is 2.83. The van der Waals surface area contributed by atoms with Crippen molar-refractivity contribution in [1.29, 1.82) is 0 Å². The summed E-state index contributed by atoms with van der Waals surface area (Å²) in [5, 5.41) is 13.5. The van der Waals surface area contributed by atoms with Crippen molar-refractivity contribution >= 4 is 0 Å². The highest BCUT2D eigenvalue weighted by Crippen LogP contribution is 2.29. The van der Waals surface area contributed by atoms with Gasteiger partial charge in [0.15, 0.2) is 0 Å². The number of rotatable bonds is 6. The fraction of sp³-hybridized carbons (Fsp3) is 0.600. The summed E-state index contributed by atoms with van der Waals surface area (Å²) in [7, 11) is 0. The molecule has 1 aliphatic carbocycles. The fourth-order valence-electron chi connectivity index (χ4n) is 2.63. The summed E-state index contributed by atoms with van der Waals surface area (Å²) in [4.78, 5) is 0. The Hall–Kier alpha value is -1.20. The number of benzene rings is 1. The van der Waals surface area contributed by atoms with Crippen LogP contribution in [0.1, 0.15) is 44.2 Å². The van der Waals surface area contributed by atoms with Crippen LogP contribution in [0.2, 0.25) is 0 Å². The zero-order chi connectivity index (χ0) is 14.6. The number of halogens is 2. The molecule has 112 valence electrons. The van der Waals surface area contributed by atoms with Crippen molar-refractivity contribution in [3.05, 3.63) is 29.8 Å². The molecular weight excluding hydrogens is 264 g/mol. The number of hydrogen-bond acceptors (Lipinski definition) is 3. The Balaban J connectivity index is 1.93. The molecule has 1 unspecified atom stereocenters. The van der Waals surface area contributed by atoms with Gasteiger partial charge in [-0.15, -0.1) is 0 Å². The molecule has 5 heteroatoms. The first-order chi connectivity index (χ1) is 9.48. The predicted octanol–water partition coefficient (Wildman–Crippen LogP) is 3.24. The monoisotopic (exact) mass is 285 g/mol. The molecule has 0 saturated heterocycles. The first-order valence-corrected chi connectivity index (χ1v) is 6.99. The van der Waals surface area contributed by atoms with E-state index in [1.807, 2.05) is 13.0 Å². The van der Waals surface area contributed by atoms with E-state index < -0.39 is 12.2 Å². The Morgan fingerprint density at radius 1 is 1.35 bits per heavy atom. The van der Waals surface area contributed by atoms with E-state index in [0.717, 1.165) is 31.2 Å². The van der Waals surface area contributed by atoms with Gasteiger partial charge >= 0.3 is 6.61 Å². The maximum atomic E-state index is 12.2. The van der Waals surface area contributed by atoms with Crippen LogP contribution in [0.25, 0.3) is 0 Å². The highest BCUT2D eigenvalue weighted by Gasteiger charge is 2.31. The number of aliphatic hydroxyl groups is 1. The zero-order valence-electron chi connectivity index (χ0n) is 11.6. The molecule has 0 bridgehead atoms. The Bertz CT molecular complexity index is 434. The maximum absolute atomic E-state index is 12.2. The third-order valence-corrected chi connectivity index (χ3v) is 3.85. The fourth-order valence-corrected chi connectivity index (χ4v) is 2.63. The van der Waals surface area contributed by atoms with Crippen LogP contribution in [-0.2, 0) is 0 Å². The van der Waals surface area contributed by atoms with Gasteiger partial charge in [-0.1, -0.05) is 25.0 Å². The normalized spacial score (nSPS) is 19.2. The highest BCUT2D eigenvalue weighted by atomic mass is 19.3. The van der Waals surface area contributed by atoms with E-state index >= 15 is 0 Å². The molecule has 0 aromatic heterocycles. The minimum Gasteiger partial charge on any atom is -0.435 e. The smallest absolute Gasteiger partial charge is 0.387 e. The van der Waals surface area contributed by atoms with Crippen molar-refractivity contribution < 1.29 is 18.6 Å². The van der Waals surface area contributed by atoms with E-state index in [4.69, 9.17) is 0 Å². The van der Waals surface area contributed by atoms with Crippen LogP contribution in [0.3, 0.4) is 0 Å². The molecule has 3 nitrogen and oxygen atoms in total. The number of ether oxygens (including phenoxy) is 1. The van der Waals surface area contributed by atoms with E-state index in [1.54, 1.807) is 12.1 Å². The number of hydrogen-bond donors (Lipinski definition) is 2. The second-order valence-electron chi connectivity index (χ2n) is 5.49. The molecule has 0 aliphatic heterocycles. The Labute approximate surface area is 117 Å². The lowest BCUT2D eigenvalue weighted by molar-refractivity contribution is -0.0499. The van der Waals surface area contributed by atoms with Gasteiger partial charge in [-0.3, -0.25) is 0 Å². The molecule has 0 heterocycles. The Morgan fingerprint density at radius 2 is 2.05 bits per heavy atom. The minimum absolute atomic E-state index is 0.0270. The van der Waals surface area contributed by atoms with Gasteiger partial charge in [-0.2, -0.15) is 8.78 Å². The molecule has 1 aromatic carbocycles. The van der Waals surface area contributed by atoms with E-state index in [1.165, 1.54) is 6.07 Å². The SMILES string of the molecule is CC(NCC1(O)CCCC1)c1cccc(OC(F)F)c1. The molecule has 0 radical (unpaired) electrons. The minimum atomic E-state index is -2.81. The highest BCUT2D eigenvalue weighted by molar-refractivity contribution is 5.30. The molecule has 1 aromatic rings. The van der Waals surface area contributed by atoms with E-state index in [9.17, 15) is 13.9 Å². The summed E-state index contributed by atoms with van der Waals surface area (Å²) < 4.78 is 28.8. The van der Waals surface area contributed by atoms with Gasteiger partial charge in [0.1, 0.15) is 5.75 Å². The van der Waals surface area contributed by atoms with E-state index in [2.05, 4.69) is 10.1 Å². The van der Waals surface area contributed by atoms with Gasteiger partial charge in [0, 0.05) is 12.6 Å². The summed E-state index contributed by atoms with van der Waals surface area (Å²) in [5.74, 6) is 0.158. The molecular formula is C15H21F2NO2. The Kier molecular flexibility index (Phi) is 4.94. The third kappa shape index (κ3) is 4.15. The second-order valence-corrected chi connectivity index (χ2v) is 5.49. The van der Waals surface area contributed by atoms with Crippen molar-refractivity contribution in [3.8, 4) is 5.75 Å². The molecule has 0 spiro atoms. The number of nitrogens with one attached hydrogen (secondary N) is 1. The molecule has 20 heavy (non-hydrogen) atoms. The maximum Gasteiger partial charge on any atom is 0.387 e. The quantitative estimate of drug-likeness (QED) is 0.843. The lowest BCUT2D eigenvalue weighted by Gasteiger charge is -2.25. The molecule has 2 N–H and O–H groups in total. The van der Waals surface area contributed by atoms with Gasteiger partial charge in [0.2, 0.25) is 0 Å². The lowest BCUT2D eigenvalue weighted by atomic mass is 10.0. The standard InChI is InChI=1S/C15H21F2NO2/c1-11(18-10-15(19)7-2-3-8-15)12-5-4-6-13(9-12)20-14(16)17/h4-6,9,11,14,18-19H,2-3,7-8,10H2,1H3. The van der Waals surface area contributed by atoms with Gasteiger partial charge in [-0.05, 0) is 37.5 Å². The zero-order valence-corrected chi connectivity index (χ0v) is 11.6. The molecule has 0 amide bonds. The summed E-state index contributed by atoms with van der Waals surface area (Å²) in [6, 6.07) is 6.63. The first kappa shape index (κ1) is 15.2. The van der Waals surface area contributed by atoms with Gasteiger partial charge in [0.25, 0.3) is 0 Å². The summed E-state index contributed by atoms with van der Waals surface area (Å²) in [5.41, 5.74) is 0.246. The summed E-state index contributed by atoms with van der Waals surface area (Å²) >= 11 is 0. The van der Waals surface area contributed by atoms with Gasteiger partial charge < -0.3 is 15.2 Å². The number of alkyl halides is 2. The van der Waals surface area contributed by atoms with Crippen molar-refractivity contribution in [3.63, 3.8) is 0 Å². The summed E-state index contributed by atoms with van der Waals surface area (Å²) in [6.45, 7) is -0.346. The molecule has 2 rings (SSSR count). The third-order valence-electron chi connectivity index (χ3n) is 3.85. The molecule has 1 atom stereocenters. The lowest BCUT2D eigenvalue weighted by Crippen LogP contribution is -2.39. The molecule has 1 fully saturated rings. The topological polar surface area (TPSA) is 41.5 Å². The van der Waals surface area contributed by atoms with Crippen molar-refractivity contribution in [2.75, 3.05) is 6.54 Å². The van der Waals surface area contributed by atoms with Gasteiger partial charge in [0.05, 0.1) is 5.60 Å². The molecule has 1 aliphatic rings. The van der Waals surface area contributed by atoms with Crippen molar-refractivity contribution in [2.45, 2.75) is 50.9 Å². The van der Waals surface area contributed by atoms with E-state index in [0.29, 0.717) is 6.54 Å². The second kappa shape index (κ2) is 6.50. The van der Waals surface area contributed by atoms with Crippen LogP contribution in [0, 0.1) is 0 Å². The average molecular weight is 285 g/mol. The van der Waals surface area contributed by atoms with E-state index in [-0.39, 0.29) is 11.8 Å². The predicted molar refractivity (Wildman–Crippen MR) is 72.9 cm³/mol. The van der Waals surface area contributed by atoms with Crippen molar-refractivity contribution in [2.24, 2.45) is 0 Å². The van der Waals surface area contributed by atoms with Crippen LogP contribution < -0.4 is 10.1 Å². The van der Waals surface area contributed by atoms with Crippen LogP contribution in [-0.4, -0.2) is 23.9 Å². The largest absolute Gasteiger partial charge is 0.435 e. The molecule has 1 saturated carbocycles. The van der Waals surface area contributed by atoms with Gasteiger partial charge in [-0.25, -0.2) is 0 Å². The first-order valence-electron chi connectivity index (χ1n) is 6.99. The van der Waals surface area contributed by atoms with Crippen LogP contribution >= 0.6 is 0 Å². The van der Waals surface area contributed by atoms with Crippen LogP contribution in [0.15, 0.2) is 24.3 Å².